The minimum absolute atomic E-state index is 0.157. The fourth-order valence-electron chi connectivity index (χ4n) is 2.47. The summed E-state index contributed by atoms with van der Waals surface area (Å²) in [6, 6.07) is 6.40. The monoisotopic (exact) mass is 311 g/mol. The summed E-state index contributed by atoms with van der Waals surface area (Å²) >= 11 is 3.42. The van der Waals surface area contributed by atoms with Crippen LogP contribution in [-0.4, -0.2) is 23.6 Å². The first-order valence-corrected chi connectivity index (χ1v) is 6.97. The lowest BCUT2D eigenvalue weighted by Gasteiger charge is -2.36. The van der Waals surface area contributed by atoms with Crippen LogP contribution < -0.4 is 10.6 Å². The third kappa shape index (κ3) is 2.61. The largest absolute Gasteiger partial charge is 0.409 e. The van der Waals surface area contributed by atoms with E-state index in [0.717, 1.165) is 22.3 Å². The Bertz CT molecular complexity index is 462. The van der Waals surface area contributed by atoms with Crippen molar-refractivity contribution in [2.75, 3.05) is 11.4 Å². The summed E-state index contributed by atoms with van der Waals surface area (Å²) in [4.78, 5) is 2.34. The summed E-state index contributed by atoms with van der Waals surface area (Å²) in [6.07, 6.45) is 3.65. The zero-order valence-electron chi connectivity index (χ0n) is 10.4. The van der Waals surface area contributed by atoms with Crippen LogP contribution >= 0.6 is 15.9 Å². The molecule has 1 saturated heterocycles. The van der Waals surface area contributed by atoms with Crippen LogP contribution in [0.25, 0.3) is 0 Å². The maximum Gasteiger partial charge on any atom is 0.172 e. The molecule has 98 valence electrons. The smallest absolute Gasteiger partial charge is 0.172 e. The molecule has 1 aromatic carbocycles. The van der Waals surface area contributed by atoms with E-state index in [2.05, 4.69) is 32.9 Å². The zero-order chi connectivity index (χ0) is 13.1. The lowest BCUT2D eigenvalue weighted by molar-refractivity contribution is 0.318. The first-order valence-electron chi connectivity index (χ1n) is 6.17. The van der Waals surface area contributed by atoms with Crippen LogP contribution in [0.3, 0.4) is 0 Å². The quantitative estimate of drug-likeness (QED) is 0.382. The number of rotatable bonds is 2. The summed E-state index contributed by atoms with van der Waals surface area (Å²) < 4.78 is 0.928. The van der Waals surface area contributed by atoms with E-state index in [1.54, 1.807) is 0 Å². The first kappa shape index (κ1) is 13.2. The molecule has 1 fully saturated rings. The van der Waals surface area contributed by atoms with Gasteiger partial charge in [0.15, 0.2) is 5.84 Å². The second-order valence-electron chi connectivity index (χ2n) is 4.68. The molecule has 1 heterocycles. The van der Waals surface area contributed by atoms with Crippen molar-refractivity contribution in [1.29, 1.82) is 0 Å². The number of oxime groups is 1. The van der Waals surface area contributed by atoms with Crippen LogP contribution in [0.1, 0.15) is 31.7 Å². The molecule has 0 radical (unpaired) electrons. The van der Waals surface area contributed by atoms with Gasteiger partial charge in [0, 0.05) is 28.3 Å². The molecule has 1 aromatic rings. The Morgan fingerprint density at radius 3 is 2.94 bits per heavy atom. The summed E-state index contributed by atoms with van der Waals surface area (Å²) in [5, 5.41) is 12.0. The summed E-state index contributed by atoms with van der Waals surface area (Å²) in [5.74, 6) is 0.157. The Balaban J connectivity index is 2.42. The molecule has 0 aliphatic carbocycles. The van der Waals surface area contributed by atoms with Crippen molar-refractivity contribution in [3.8, 4) is 0 Å². The number of piperidine rings is 1. The molecule has 1 aliphatic heterocycles. The van der Waals surface area contributed by atoms with Crippen molar-refractivity contribution >= 4 is 27.5 Å². The normalized spacial score (nSPS) is 21.1. The number of amidine groups is 1. The highest BCUT2D eigenvalue weighted by molar-refractivity contribution is 9.10. The standard InChI is InChI=1S/C13H18BrN3O/c1-9-4-2-3-7-17(9)12-6-5-10(14)8-11(12)13(15)16-18/h5-6,8-9,18H,2-4,7H2,1H3,(H2,15,16). The second-order valence-corrected chi connectivity index (χ2v) is 5.60. The molecule has 1 aliphatic rings. The van der Waals surface area contributed by atoms with Crippen molar-refractivity contribution < 1.29 is 5.21 Å². The average molecular weight is 312 g/mol. The van der Waals surface area contributed by atoms with Crippen LogP contribution in [0.2, 0.25) is 0 Å². The highest BCUT2D eigenvalue weighted by Crippen LogP contribution is 2.29. The number of nitrogens with two attached hydrogens (primary N) is 1. The number of nitrogens with zero attached hydrogens (tertiary/aromatic N) is 2. The van der Waals surface area contributed by atoms with Gasteiger partial charge in [-0.2, -0.15) is 0 Å². The van der Waals surface area contributed by atoms with Crippen molar-refractivity contribution in [3.05, 3.63) is 28.2 Å². The van der Waals surface area contributed by atoms with Gasteiger partial charge >= 0.3 is 0 Å². The molecular weight excluding hydrogens is 294 g/mol. The molecule has 0 amide bonds. The fourth-order valence-corrected chi connectivity index (χ4v) is 2.83. The predicted octanol–water partition coefficient (Wildman–Crippen LogP) is 2.92. The van der Waals surface area contributed by atoms with E-state index in [4.69, 9.17) is 10.9 Å². The van der Waals surface area contributed by atoms with Gasteiger partial charge in [-0.25, -0.2) is 0 Å². The van der Waals surface area contributed by atoms with Crippen molar-refractivity contribution in [2.24, 2.45) is 10.9 Å². The first-order chi connectivity index (χ1) is 8.63. The maximum atomic E-state index is 8.90. The Kier molecular flexibility index (Phi) is 4.11. The van der Waals surface area contributed by atoms with Gasteiger partial charge in [0.05, 0.1) is 0 Å². The van der Waals surface area contributed by atoms with Gasteiger partial charge < -0.3 is 15.8 Å². The van der Waals surface area contributed by atoms with Crippen LogP contribution in [0, 0.1) is 0 Å². The van der Waals surface area contributed by atoms with Crippen LogP contribution in [0.4, 0.5) is 5.69 Å². The van der Waals surface area contributed by atoms with Crippen molar-refractivity contribution in [1.82, 2.24) is 0 Å². The molecule has 18 heavy (non-hydrogen) atoms. The van der Waals surface area contributed by atoms with E-state index in [0.29, 0.717) is 6.04 Å². The molecule has 0 spiro atoms. The second kappa shape index (κ2) is 5.61. The number of benzene rings is 1. The van der Waals surface area contributed by atoms with E-state index in [1.165, 1.54) is 19.3 Å². The molecule has 1 atom stereocenters. The van der Waals surface area contributed by atoms with Gasteiger partial charge in [0.25, 0.3) is 0 Å². The molecule has 0 aromatic heterocycles. The summed E-state index contributed by atoms with van der Waals surface area (Å²) in [6.45, 7) is 3.24. The van der Waals surface area contributed by atoms with Crippen molar-refractivity contribution in [3.63, 3.8) is 0 Å². The molecule has 3 N–H and O–H groups in total. The van der Waals surface area contributed by atoms with Gasteiger partial charge in [-0.3, -0.25) is 0 Å². The molecule has 0 saturated carbocycles. The van der Waals surface area contributed by atoms with Gasteiger partial charge in [-0.05, 0) is 44.4 Å². The maximum absolute atomic E-state index is 8.90. The number of anilines is 1. The fraction of sp³-hybridized carbons (Fsp3) is 0.462. The lowest BCUT2D eigenvalue weighted by Crippen LogP contribution is -2.38. The number of hydrogen-bond acceptors (Lipinski definition) is 3. The summed E-state index contributed by atoms with van der Waals surface area (Å²) in [7, 11) is 0. The minimum atomic E-state index is 0.157. The molecule has 1 unspecified atom stereocenters. The van der Waals surface area contributed by atoms with Gasteiger partial charge in [-0.15, -0.1) is 0 Å². The molecule has 5 heteroatoms. The van der Waals surface area contributed by atoms with Crippen LogP contribution in [0.5, 0.6) is 0 Å². The Morgan fingerprint density at radius 1 is 1.50 bits per heavy atom. The third-order valence-electron chi connectivity index (χ3n) is 3.45. The molecule has 0 bridgehead atoms. The van der Waals surface area contributed by atoms with Gasteiger partial charge in [0.2, 0.25) is 0 Å². The number of halogens is 1. The third-order valence-corrected chi connectivity index (χ3v) is 3.95. The zero-order valence-corrected chi connectivity index (χ0v) is 12.0. The van der Waals surface area contributed by atoms with E-state index in [9.17, 15) is 0 Å². The average Bonchev–Trinajstić information content (AvgIpc) is 2.39. The van der Waals surface area contributed by atoms with E-state index >= 15 is 0 Å². The van der Waals surface area contributed by atoms with Crippen molar-refractivity contribution in [2.45, 2.75) is 32.2 Å². The predicted molar refractivity (Wildman–Crippen MR) is 77.3 cm³/mol. The van der Waals surface area contributed by atoms with Gasteiger partial charge in [-0.1, -0.05) is 21.1 Å². The minimum Gasteiger partial charge on any atom is -0.409 e. The summed E-state index contributed by atoms with van der Waals surface area (Å²) in [5.41, 5.74) is 7.59. The highest BCUT2D eigenvalue weighted by Gasteiger charge is 2.22. The SMILES string of the molecule is CC1CCCCN1c1ccc(Br)cc1/C(N)=N/O. The molecule has 2 rings (SSSR count). The van der Waals surface area contributed by atoms with E-state index < -0.39 is 0 Å². The topological polar surface area (TPSA) is 61.8 Å². The van der Waals surface area contributed by atoms with E-state index in [1.807, 2.05) is 18.2 Å². The molecule has 4 nitrogen and oxygen atoms in total. The lowest BCUT2D eigenvalue weighted by atomic mass is 10.0. The Hall–Kier alpha value is -1.23. The van der Waals surface area contributed by atoms with Crippen LogP contribution in [-0.2, 0) is 0 Å². The Morgan fingerprint density at radius 2 is 2.28 bits per heavy atom. The van der Waals surface area contributed by atoms with Gasteiger partial charge in [0.1, 0.15) is 0 Å². The Labute approximate surface area is 116 Å². The van der Waals surface area contributed by atoms with E-state index in [-0.39, 0.29) is 5.84 Å². The number of hydrogen-bond donors (Lipinski definition) is 2. The van der Waals surface area contributed by atoms with Crippen LogP contribution in [0.15, 0.2) is 27.8 Å². The highest BCUT2D eigenvalue weighted by atomic mass is 79.9. The molecular formula is C13H18BrN3O.